The molecule has 10 nitrogen and oxygen atoms in total. The lowest BCUT2D eigenvalue weighted by atomic mass is 9.99. The third-order valence-corrected chi connectivity index (χ3v) is 11.6. The lowest BCUT2D eigenvalue weighted by molar-refractivity contribution is -0.302. The SMILES string of the molecule is CCCCCCCCCCCCCCCCCCCCCC(O)C(=O)NC(COC1OC(CO)C(O)C(O)C1O)C(O)CCCCCCCCCCCCC. The Hall–Kier alpha value is -0.850. The van der Waals surface area contributed by atoms with Gasteiger partial charge in [0.2, 0.25) is 5.91 Å². The molecule has 0 bridgehead atoms. The molecular formula is C45H89NO9. The van der Waals surface area contributed by atoms with E-state index in [1.807, 2.05) is 0 Å². The fourth-order valence-corrected chi connectivity index (χ4v) is 7.70. The molecule has 10 heteroatoms. The Labute approximate surface area is 336 Å². The van der Waals surface area contributed by atoms with Crippen LogP contribution in [-0.4, -0.2) is 98.7 Å². The van der Waals surface area contributed by atoms with Gasteiger partial charge in [0.25, 0.3) is 0 Å². The lowest BCUT2D eigenvalue weighted by Crippen LogP contribution is -2.60. The minimum absolute atomic E-state index is 0.250. The fourth-order valence-electron chi connectivity index (χ4n) is 7.70. The topological polar surface area (TPSA) is 169 Å². The minimum atomic E-state index is -1.59. The zero-order valence-corrected chi connectivity index (χ0v) is 35.6. The predicted molar refractivity (Wildman–Crippen MR) is 223 cm³/mol. The van der Waals surface area contributed by atoms with Crippen molar-refractivity contribution in [3.8, 4) is 0 Å². The van der Waals surface area contributed by atoms with Gasteiger partial charge in [0.1, 0.15) is 30.5 Å². The summed E-state index contributed by atoms with van der Waals surface area (Å²) in [5.41, 5.74) is 0. The van der Waals surface area contributed by atoms with Gasteiger partial charge in [-0.05, 0) is 12.8 Å². The molecule has 328 valence electrons. The maximum Gasteiger partial charge on any atom is 0.249 e. The standard InChI is InChI=1S/C45H89NO9/c1-3-5-7-9-11-13-15-16-17-18-19-20-21-22-24-26-28-30-32-34-39(49)44(53)46-37(36-54-45-43(52)42(51)41(50)40(35-47)55-45)38(48)33-31-29-27-25-23-14-12-10-8-6-4-2/h37-43,45,47-52H,3-36H2,1-2H3,(H,46,53). The maximum atomic E-state index is 13.0. The van der Waals surface area contributed by atoms with E-state index in [4.69, 9.17) is 9.47 Å². The number of aliphatic hydroxyl groups excluding tert-OH is 6. The Morgan fingerprint density at radius 3 is 1.29 bits per heavy atom. The van der Waals surface area contributed by atoms with Gasteiger partial charge in [-0.3, -0.25) is 4.79 Å². The van der Waals surface area contributed by atoms with Crippen LogP contribution in [0.5, 0.6) is 0 Å². The van der Waals surface area contributed by atoms with Crippen LogP contribution in [0.15, 0.2) is 0 Å². The van der Waals surface area contributed by atoms with Crippen LogP contribution in [0.25, 0.3) is 0 Å². The van der Waals surface area contributed by atoms with Crippen molar-refractivity contribution in [3.63, 3.8) is 0 Å². The third-order valence-electron chi connectivity index (χ3n) is 11.6. The van der Waals surface area contributed by atoms with Crippen LogP contribution in [-0.2, 0) is 14.3 Å². The van der Waals surface area contributed by atoms with E-state index in [1.54, 1.807) is 0 Å². The van der Waals surface area contributed by atoms with Crippen molar-refractivity contribution in [1.82, 2.24) is 5.32 Å². The van der Waals surface area contributed by atoms with Gasteiger partial charge in [-0.1, -0.05) is 206 Å². The Bertz CT molecular complexity index is 849. The van der Waals surface area contributed by atoms with E-state index in [1.165, 1.54) is 148 Å². The second kappa shape index (κ2) is 36.2. The van der Waals surface area contributed by atoms with Crippen LogP contribution in [0.1, 0.15) is 219 Å². The van der Waals surface area contributed by atoms with Crippen LogP contribution in [0.4, 0.5) is 0 Å². The average Bonchev–Trinajstić information content (AvgIpc) is 3.18. The van der Waals surface area contributed by atoms with E-state index in [2.05, 4.69) is 19.2 Å². The first-order chi connectivity index (χ1) is 26.8. The van der Waals surface area contributed by atoms with Gasteiger partial charge in [0.15, 0.2) is 6.29 Å². The van der Waals surface area contributed by atoms with Crippen molar-refractivity contribution in [2.24, 2.45) is 0 Å². The zero-order valence-electron chi connectivity index (χ0n) is 35.6. The Morgan fingerprint density at radius 1 is 0.545 bits per heavy atom. The molecule has 0 aliphatic carbocycles. The van der Waals surface area contributed by atoms with E-state index in [9.17, 15) is 35.4 Å². The Balaban J connectivity index is 2.33. The van der Waals surface area contributed by atoms with Crippen molar-refractivity contribution >= 4 is 5.91 Å². The van der Waals surface area contributed by atoms with E-state index in [0.717, 1.165) is 44.9 Å². The maximum absolute atomic E-state index is 13.0. The van der Waals surface area contributed by atoms with Gasteiger partial charge in [0.05, 0.1) is 25.4 Å². The molecule has 1 aliphatic heterocycles. The first-order valence-corrected chi connectivity index (χ1v) is 23.3. The second-order valence-corrected chi connectivity index (χ2v) is 16.7. The molecule has 0 radical (unpaired) electrons. The van der Waals surface area contributed by atoms with Crippen LogP contribution >= 0.6 is 0 Å². The van der Waals surface area contributed by atoms with Gasteiger partial charge in [-0.2, -0.15) is 0 Å². The van der Waals surface area contributed by atoms with Crippen LogP contribution < -0.4 is 5.32 Å². The largest absolute Gasteiger partial charge is 0.394 e. The summed E-state index contributed by atoms with van der Waals surface area (Å²) >= 11 is 0. The number of hydrogen-bond acceptors (Lipinski definition) is 9. The summed E-state index contributed by atoms with van der Waals surface area (Å²) in [6.07, 6.45) is 28.7. The van der Waals surface area contributed by atoms with Crippen LogP contribution in [0, 0.1) is 0 Å². The van der Waals surface area contributed by atoms with Crippen molar-refractivity contribution in [3.05, 3.63) is 0 Å². The van der Waals surface area contributed by atoms with E-state index >= 15 is 0 Å². The van der Waals surface area contributed by atoms with Gasteiger partial charge in [0, 0.05) is 0 Å². The molecule has 1 aliphatic rings. The van der Waals surface area contributed by atoms with E-state index in [-0.39, 0.29) is 6.61 Å². The quantitative estimate of drug-likeness (QED) is 0.0302. The Kier molecular flexibility index (Phi) is 34.4. The van der Waals surface area contributed by atoms with E-state index < -0.39 is 61.5 Å². The highest BCUT2D eigenvalue weighted by molar-refractivity contribution is 5.80. The molecule has 8 atom stereocenters. The van der Waals surface area contributed by atoms with Crippen molar-refractivity contribution < 1.29 is 44.9 Å². The Morgan fingerprint density at radius 2 is 0.909 bits per heavy atom. The summed E-state index contributed by atoms with van der Waals surface area (Å²) in [5.74, 6) is -0.581. The van der Waals surface area contributed by atoms with Crippen molar-refractivity contribution in [2.45, 2.75) is 268 Å². The second-order valence-electron chi connectivity index (χ2n) is 16.7. The highest BCUT2D eigenvalue weighted by Crippen LogP contribution is 2.23. The number of hydrogen-bond donors (Lipinski definition) is 7. The molecule has 1 amide bonds. The smallest absolute Gasteiger partial charge is 0.249 e. The molecule has 1 rings (SSSR count). The molecule has 0 saturated carbocycles. The van der Waals surface area contributed by atoms with Gasteiger partial charge in [-0.25, -0.2) is 0 Å². The first kappa shape index (κ1) is 52.2. The minimum Gasteiger partial charge on any atom is -0.394 e. The first-order valence-electron chi connectivity index (χ1n) is 23.3. The van der Waals surface area contributed by atoms with Gasteiger partial charge < -0.3 is 45.4 Å². The van der Waals surface area contributed by atoms with Crippen LogP contribution in [0.3, 0.4) is 0 Å². The van der Waals surface area contributed by atoms with Gasteiger partial charge >= 0.3 is 0 Å². The molecule has 0 aromatic carbocycles. The number of carbonyl (C=O) groups excluding carboxylic acids is 1. The number of ether oxygens (including phenoxy) is 2. The monoisotopic (exact) mass is 788 g/mol. The molecule has 0 aromatic rings. The molecule has 7 N–H and O–H groups in total. The molecule has 1 heterocycles. The summed E-state index contributed by atoms with van der Waals surface area (Å²) < 4.78 is 11.2. The number of aliphatic hydroxyl groups is 6. The average molecular weight is 788 g/mol. The highest BCUT2D eigenvalue weighted by Gasteiger charge is 2.44. The summed E-state index contributed by atoms with van der Waals surface area (Å²) in [4.78, 5) is 13.0. The van der Waals surface area contributed by atoms with E-state index in [0.29, 0.717) is 12.8 Å². The van der Waals surface area contributed by atoms with Gasteiger partial charge in [-0.15, -0.1) is 0 Å². The number of amides is 1. The summed E-state index contributed by atoms with van der Waals surface area (Å²) in [6, 6.07) is -0.886. The number of rotatable bonds is 39. The molecule has 8 unspecified atom stereocenters. The number of carbonyl (C=O) groups is 1. The molecule has 1 fully saturated rings. The highest BCUT2D eigenvalue weighted by atomic mass is 16.7. The number of nitrogens with one attached hydrogen (secondary N) is 1. The van der Waals surface area contributed by atoms with Crippen LogP contribution in [0.2, 0.25) is 0 Å². The predicted octanol–water partition coefficient (Wildman–Crippen LogP) is 8.53. The summed E-state index contributed by atoms with van der Waals surface area (Å²) in [7, 11) is 0. The molecule has 0 aromatic heterocycles. The summed E-state index contributed by atoms with van der Waals surface area (Å²) in [6.45, 7) is 3.67. The fraction of sp³-hybridized carbons (Fsp3) is 0.978. The third kappa shape index (κ3) is 26.7. The lowest BCUT2D eigenvalue weighted by Gasteiger charge is -2.40. The zero-order chi connectivity index (χ0) is 40.4. The van der Waals surface area contributed by atoms with Crippen molar-refractivity contribution in [2.75, 3.05) is 13.2 Å². The van der Waals surface area contributed by atoms with Crippen molar-refractivity contribution in [1.29, 1.82) is 0 Å². The summed E-state index contributed by atoms with van der Waals surface area (Å²) in [5, 5.41) is 64.7. The number of unbranched alkanes of at least 4 members (excludes halogenated alkanes) is 28. The molecule has 1 saturated heterocycles. The normalized spacial score (nSPS) is 21.8. The molecular weight excluding hydrogens is 698 g/mol. The molecule has 55 heavy (non-hydrogen) atoms. The molecule has 0 spiro atoms.